The Hall–Kier alpha value is -3.31. The standard InChI is InChI=1S/C26H22N2O2S/c1-17(2)27-16-21(22-9-5-6-10-23(22)27)14-24-25(29)28(26(30)31-24)15-18-11-12-19-7-3-4-8-20(19)13-18/h3-14,16-17H,15H2,1-2H3/b24-14-. The smallest absolute Gasteiger partial charge is 0.293 e. The van der Waals surface area contributed by atoms with E-state index in [-0.39, 0.29) is 17.7 Å². The van der Waals surface area contributed by atoms with Crippen molar-refractivity contribution in [2.45, 2.75) is 26.4 Å². The van der Waals surface area contributed by atoms with Crippen LogP contribution in [-0.2, 0) is 11.3 Å². The number of nitrogens with zero attached hydrogens (tertiary/aromatic N) is 2. The Morgan fingerprint density at radius 1 is 0.935 bits per heavy atom. The van der Waals surface area contributed by atoms with Gasteiger partial charge in [-0.3, -0.25) is 14.5 Å². The number of aromatic nitrogens is 1. The largest absolute Gasteiger partial charge is 0.344 e. The first-order chi connectivity index (χ1) is 15.0. The predicted octanol–water partition coefficient (Wildman–Crippen LogP) is 6.61. The van der Waals surface area contributed by atoms with E-state index in [1.807, 2.05) is 54.6 Å². The summed E-state index contributed by atoms with van der Waals surface area (Å²) in [6.45, 7) is 4.54. The zero-order valence-electron chi connectivity index (χ0n) is 17.4. The van der Waals surface area contributed by atoms with Crippen LogP contribution in [0.15, 0.2) is 77.8 Å². The lowest BCUT2D eigenvalue weighted by Crippen LogP contribution is -2.27. The van der Waals surface area contributed by atoms with Gasteiger partial charge in [-0.25, -0.2) is 0 Å². The lowest BCUT2D eigenvalue weighted by Gasteiger charge is -2.13. The van der Waals surface area contributed by atoms with Crippen LogP contribution in [0.1, 0.15) is 31.0 Å². The van der Waals surface area contributed by atoms with Crippen molar-refractivity contribution in [3.63, 3.8) is 0 Å². The summed E-state index contributed by atoms with van der Waals surface area (Å²) in [7, 11) is 0. The molecule has 0 bridgehead atoms. The second-order valence-corrected chi connectivity index (χ2v) is 9.05. The fourth-order valence-corrected chi connectivity index (χ4v) is 4.90. The van der Waals surface area contributed by atoms with Gasteiger partial charge in [0.25, 0.3) is 11.1 Å². The predicted molar refractivity (Wildman–Crippen MR) is 128 cm³/mol. The minimum Gasteiger partial charge on any atom is -0.344 e. The summed E-state index contributed by atoms with van der Waals surface area (Å²) in [4.78, 5) is 27.5. The normalized spacial score (nSPS) is 15.8. The van der Waals surface area contributed by atoms with Crippen LogP contribution >= 0.6 is 11.8 Å². The molecule has 154 valence electrons. The third-order valence-electron chi connectivity index (χ3n) is 5.64. The number of carbonyl (C=O) groups excluding carboxylic acids is 2. The molecule has 1 aliphatic heterocycles. The molecule has 2 amide bonds. The Balaban J connectivity index is 1.46. The zero-order chi connectivity index (χ0) is 21.5. The van der Waals surface area contributed by atoms with Gasteiger partial charge in [-0.2, -0.15) is 0 Å². The molecule has 3 aromatic carbocycles. The van der Waals surface area contributed by atoms with Gasteiger partial charge in [0.05, 0.1) is 11.4 Å². The summed E-state index contributed by atoms with van der Waals surface area (Å²) < 4.78 is 2.19. The summed E-state index contributed by atoms with van der Waals surface area (Å²) in [6, 6.07) is 22.6. The van der Waals surface area contributed by atoms with Gasteiger partial charge >= 0.3 is 0 Å². The van der Waals surface area contributed by atoms with Gasteiger partial charge in [-0.05, 0) is 60.2 Å². The molecule has 5 heteroatoms. The van der Waals surface area contributed by atoms with Gasteiger partial charge in [0.15, 0.2) is 0 Å². The number of thioether (sulfide) groups is 1. The highest BCUT2D eigenvalue weighted by Gasteiger charge is 2.35. The van der Waals surface area contributed by atoms with Crippen molar-refractivity contribution in [3.8, 4) is 0 Å². The molecule has 0 saturated carbocycles. The molecule has 0 aliphatic carbocycles. The average molecular weight is 427 g/mol. The quantitative estimate of drug-likeness (QED) is 0.345. The van der Waals surface area contributed by atoms with Crippen molar-refractivity contribution >= 4 is 50.7 Å². The Labute approximate surface area is 185 Å². The number of rotatable bonds is 4. The molecule has 1 aromatic heterocycles. The van der Waals surface area contributed by atoms with E-state index in [4.69, 9.17) is 0 Å². The van der Waals surface area contributed by atoms with E-state index in [1.54, 1.807) is 0 Å². The molecule has 2 heterocycles. The Morgan fingerprint density at radius 2 is 1.68 bits per heavy atom. The topological polar surface area (TPSA) is 42.3 Å². The number of hydrogen-bond acceptors (Lipinski definition) is 3. The maximum absolute atomic E-state index is 13.1. The molecule has 0 N–H and O–H groups in total. The molecule has 1 aliphatic rings. The monoisotopic (exact) mass is 426 g/mol. The van der Waals surface area contributed by atoms with Gasteiger partial charge in [0, 0.05) is 28.7 Å². The molecular formula is C26H22N2O2S. The first kappa shape index (κ1) is 19.6. The van der Waals surface area contributed by atoms with Crippen molar-refractivity contribution in [3.05, 3.63) is 89.0 Å². The number of fused-ring (bicyclic) bond motifs is 2. The van der Waals surface area contributed by atoms with Crippen LogP contribution in [0.4, 0.5) is 4.79 Å². The third kappa shape index (κ3) is 3.55. The van der Waals surface area contributed by atoms with Crippen molar-refractivity contribution in [1.82, 2.24) is 9.47 Å². The molecule has 0 atom stereocenters. The van der Waals surface area contributed by atoms with E-state index in [2.05, 4.69) is 42.8 Å². The third-order valence-corrected chi connectivity index (χ3v) is 6.55. The summed E-state index contributed by atoms with van der Waals surface area (Å²) in [5.41, 5.74) is 3.03. The minimum atomic E-state index is -0.232. The lowest BCUT2D eigenvalue weighted by molar-refractivity contribution is -0.123. The van der Waals surface area contributed by atoms with Gasteiger partial charge < -0.3 is 4.57 Å². The number of para-hydroxylation sites is 1. The van der Waals surface area contributed by atoms with E-state index >= 15 is 0 Å². The molecular weight excluding hydrogens is 404 g/mol. The zero-order valence-corrected chi connectivity index (χ0v) is 18.2. The number of carbonyl (C=O) groups is 2. The molecule has 0 unspecified atom stereocenters. The summed E-state index contributed by atoms with van der Waals surface area (Å²) >= 11 is 1.01. The van der Waals surface area contributed by atoms with Gasteiger partial charge in [0.1, 0.15) is 0 Å². The average Bonchev–Trinajstić information content (AvgIpc) is 3.27. The summed E-state index contributed by atoms with van der Waals surface area (Å²) in [5.74, 6) is -0.232. The van der Waals surface area contributed by atoms with Crippen LogP contribution in [0, 0.1) is 0 Å². The molecule has 1 saturated heterocycles. The number of benzene rings is 3. The van der Waals surface area contributed by atoms with Gasteiger partial charge in [-0.15, -0.1) is 0 Å². The molecule has 4 aromatic rings. The van der Waals surface area contributed by atoms with Crippen LogP contribution in [0.5, 0.6) is 0 Å². The van der Waals surface area contributed by atoms with E-state index < -0.39 is 0 Å². The summed E-state index contributed by atoms with van der Waals surface area (Å²) in [5, 5.41) is 3.10. The van der Waals surface area contributed by atoms with Crippen molar-refractivity contribution in [2.24, 2.45) is 0 Å². The Morgan fingerprint density at radius 3 is 2.48 bits per heavy atom. The van der Waals surface area contributed by atoms with E-state index in [0.717, 1.165) is 44.6 Å². The highest BCUT2D eigenvalue weighted by atomic mass is 32.2. The highest BCUT2D eigenvalue weighted by Crippen LogP contribution is 2.35. The van der Waals surface area contributed by atoms with Crippen LogP contribution in [-0.4, -0.2) is 20.6 Å². The van der Waals surface area contributed by atoms with Crippen LogP contribution < -0.4 is 0 Å². The van der Waals surface area contributed by atoms with Crippen LogP contribution in [0.3, 0.4) is 0 Å². The molecule has 4 nitrogen and oxygen atoms in total. The van der Waals surface area contributed by atoms with Crippen LogP contribution in [0.2, 0.25) is 0 Å². The first-order valence-corrected chi connectivity index (χ1v) is 11.2. The molecule has 0 radical (unpaired) electrons. The van der Waals surface area contributed by atoms with E-state index in [1.165, 1.54) is 4.90 Å². The Bertz CT molecular complexity index is 1370. The lowest BCUT2D eigenvalue weighted by atomic mass is 10.1. The molecule has 5 rings (SSSR count). The fraction of sp³-hybridized carbons (Fsp3) is 0.154. The van der Waals surface area contributed by atoms with E-state index in [0.29, 0.717) is 10.9 Å². The second kappa shape index (κ2) is 7.75. The Kier molecular flexibility index (Phi) is 4.91. The molecule has 1 fully saturated rings. The molecule has 31 heavy (non-hydrogen) atoms. The van der Waals surface area contributed by atoms with Crippen molar-refractivity contribution in [1.29, 1.82) is 0 Å². The maximum atomic E-state index is 13.1. The van der Waals surface area contributed by atoms with Crippen molar-refractivity contribution < 1.29 is 9.59 Å². The number of hydrogen-bond donors (Lipinski definition) is 0. The minimum absolute atomic E-state index is 0.225. The number of imide groups is 1. The van der Waals surface area contributed by atoms with Gasteiger partial charge in [0.2, 0.25) is 0 Å². The maximum Gasteiger partial charge on any atom is 0.293 e. The number of amides is 2. The second-order valence-electron chi connectivity index (χ2n) is 8.05. The van der Waals surface area contributed by atoms with E-state index in [9.17, 15) is 9.59 Å². The fourth-order valence-electron chi connectivity index (χ4n) is 4.07. The highest BCUT2D eigenvalue weighted by molar-refractivity contribution is 8.18. The molecule has 0 spiro atoms. The van der Waals surface area contributed by atoms with Gasteiger partial charge in [-0.1, -0.05) is 54.6 Å². The van der Waals surface area contributed by atoms with Crippen LogP contribution in [0.25, 0.3) is 27.8 Å². The summed E-state index contributed by atoms with van der Waals surface area (Å²) in [6.07, 6.45) is 3.92. The van der Waals surface area contributed by atoms with Crippen molar-refractivity contribution in [2.75, 3.05) is 0 Å². The SMILES string of the molecule is CC(C)n1cc(/C=C2\SC(=O)N(Cc3ccc4ccccc4c3)C2=O)c2ccccc21. The first-order valence-electron chi connectivity index (χ1n) is 10.3.